The van der Waals surface area contributed by atoms with Crippen LogP contribution in [0, 0.1) is 0 Å². The van der Waals surface area contributed by atoms with Crippen LogP contribution in [-0.2, 0) is 20.9 Å². The van der Waals surface area contributed by atoms with Crippen LogP contribution in [-0.4, -0.2) is 108 Å². The van der Waals surface area contributed by atoms with Gasteiger partial charge in [-0.05, 0) is 12.1 Å². The van der Waals surface area contributed by atoms with Gasteiger partial charge in [0.25, 0.3) is 11.8 Å². The van der Waals surface area contributed by atoms with Gasteiger partial charge in [0, 0.05) is 49.5 Å². The number of benzene rings is 1. The van der Waals surface area contributed by atoms with Crippen molar-refractivity contribution in [1.29, 1.82) is 0 Å². The number of imidazole rings is 1. The summed E-state index contributed by atoms with van der Waals surface area (Å²) in [5.74, 6) is -0.677. The number of aromatic nitrogens is 4. The number of ether oxygens (including phenoxy) is 1. The monoisotopic (exact) mass is 537 g/mol. The molecule has 0 bridgehead atoms. The zero-order valence-electron chi connectivity index (χ0n) is 20.7. The summed E-state index contributed by atoms with van der Waals surface area (Å²) < 4.78 is 7.23. The molecule has 2 aromatic heterocycles. The molecule has 4 atom stereocenters. The first kappa shape index (κ1) is 25.1. The molecule has 15 heteroatoms. The van der Waals surface area contributed by atoms with Crippen molar-refractivity contribution >= 4 is 40.4 Å². The number of aliphatic hydroxyl groups is 2. The summed E-state index contributed by atoms with van der Waals surface area (Å²) in [6, 6.07) is 5.21. The highest BCUT2D eigenvalue weighted by Gasteiger charge is 2.49. The summed E-state index contributed by atoms with van der Waals surface area (Å²) in [4.78, 5) is 53.4. The highest BCUT2D eigenvalue weighted by atomic mass is 16.6. The first-order valence-corrected chi connectivity index (χ1v) is 12.5. The first-order chi connectivity index (χ1) is 18.8. The summed E-state index contributed by atoms with van der Waals surface area (Å²) in [5, 5.41) is 26.9. The minimum absolute atomic E-state index is 0.120. The second-order valence-corrected chi connectivity index (χ2v) is 9.68. The zero-order valence-corrected chi connectivity index (χ0v) is 20.7. The Morgan fingerprint density at radius 2 is 1.92 bits per heavy atom. The maximum absolute atomic E-state index is 13.2. The van der Waals surface area contributed by atoms with Crippen LogP contribution >= 0.6 is 0 Å². The fraction of sp³-hybridized carbons (Fsp3) is 0.417. The number of nitrogen functional groups attached to an aromatic ring is 1. The first-order valence-electron chi connectivity index (χ1n) is 12.5. The number of piperazine rings is 1. The molecule has 39 heavy (non-hydrogen) atoms. The Morgan fingerprint density at radius 1 is 1.13 bits per heavy atom. The number of amides is 3. The number of fused-ring (bicyclic) bond motifs is 2. The fourth-order valence-electron chi connectivity index (χ4n) is 5.22. The van der Waals surface area contributed by atoms with Crippen LogP contribution in [0.4, 0.5) is 11.5 Å². The lowest BCUT2D eigenvalue weighted by Crippen LogP contribution is -2.54. The van der Waals surface area contributed by atoms with Gasteiger partial charge in [-0.15, -0.1) is 0 Å². The van der Waals surface area contributed by atoms with Crippen molar-refractivity contribution in [3.63, 3.8) is 0 Å². The van der Waals surface area contributed by atoms with Gasteiger partial charge in [0.2, 0.25) is 5.91 Å². The smallest absolute Gasteiger partial charge is 0.254 e. The van der Waals surface area contributed by atoms with Gasteiger partial charge in [-0.3, -0.25) is 23.9 Å². The number of aliphatic hydroxyl groups excluding tert-OH is 2. The van der Waals surface area contributed by atoms with Gasteiger partial charge in [0.15, 0.2) is 23.8 Å². The van der Waals surface area contributed by atoms with E-state index in [1.54, 1.807) is 23.1 Å². The van der Waals surface area contributed by atoms with Crippen LogP contribution in [0.25, 0.3) is 11.2 Å². The Balaban J connectivity index is 1.05. The molecule has 3 amide bonds. The Kier molecular flexibility index (Phi) is 6.34. The molecule has 0 spiro atoms. The summed E-state index contributed by atoms with van der Waals surface area (Å²) in [6.07, 6.45) is -2.62. The van der Waals surface area contributed by atoms with Crippen molar-refractivity contribution in [2.24, 2.45) is 0 Å². The Bertz CT molecular complexity index is 1450. The number of carbonyl (C=O) groups is 3. The van der Waals surface area contributed by atoms with Gasteiger partial charge in [-0.2, -0.15) is 0 Å². The van der Waals surface area contributed by atoms with Crippen LogP contribution in [0.15, 0.2) is 30.9 Å². The molecule has 2 fully saturated rings. The van der Waals surface area contributed by atoms with E-state index in [1.165, 1.54) is 17.2 Å². The maximum atomic E-state index is 13.2. The van der Waals surface area contributed by atoms with Crippen LogP contribution in [0.3, 0.4) is 0 Å². The standard InChI is InChI=1S/C24H27N9O6/c25-20-16-21(28-10-27-20)33(11-29-16)24-18(36)17(35)19(39-24)23(38)32-6-4-31(5-7-32)9-15(34)30-14-3-1-2-12-13(14)8-26-22(12)37/h1-3,10-11,17-19,24,35-36H,4-9H2,(H,26,37)(H,30,34)(H2,25,27,28)/t17-,18+,19-,24+/m1/s1. The number of hydrogen-bond acceptors (Lipinski definition) is 11. The van der Waals surface area contributed by atoms with E-state index in [9.17, 15) is 24.6 Å². The number of nitrogens with two attached hydrogens (primary N) is 1. The molecule has 3 aliphatic heterocycles. The van der Waals surface area contributed by atoms with Crippen molar-refractivity contribution in [3.05, 3.63) is 42.0 Å². The minimum Gasteiger partial charge on any atom is -0.387 e. The van der Waals surface area contributed by atoms with Gasteiger partial charge in [0.1, 0.15) is 24.1 Å². The molecule has 2 saturated heterocycles. The molecule has 15 nitrogen and oxygen atoms in total. The molecular formula is C24H27N9O6. The number of carbonyl (C=O) groups excluding carboxylic acids is 3. The Hall–Kier alpha value is -4.18. The summed E-state index contributed by atoms with van der Waals surface area (Å²) in [7, 11) is 0. The second-order valence-electron chi connectivity index (χ2n) is 9.68. The SMILES string of the molecule is Nc1ncnc2c1ncn2[C@H]1O[C@@H](C(=O)N2CCN(CC(=O)Nc3cccc4c3CNC4=O)CC2)[C@H](O)[C@@H]1O. The van der Waals surface area contributed by atoms with E-state index in [0.717, 1.165) is 5.56 Å². The van der Waals surface area contributed by atoms with Crippen molar-refractivity contribution in [2.75, 3.05) is 43.8 Å². The lowest BCUT2D eigenvalue weighted by molar-refractivity contribution is -0.150. The van der Waals surface area contributed by atoms with Crippen LogP contribution in [0.5, 0.6) is 0 Å². The summed E-state index contributed by atoms with van der Waals surface area (Å²) in [6.45, 7) is 1.99. The third-order valence-corrected chi connectivity index (χ3v) is 7.31. The minimum atomic E-state index is -1.46. The Morgan fingerprint density at radius 3 is 2.72 bits per heavy atom. The number of nitrogens with one attached hydrogen (secondary N) is 2. The fourth-order valence-corrected chi connectivity index (χ4v) is 5.22. The lowest BCUT2D eigenvalue weighted by Gasteiger charge is -2.35. The number of nitrogens with zero attached hydrogens (tertiary/aromatic N) is 6. The topological polar surface area (TPSA) is 201 Å². The molecule has 3 aromatic rings. The van der Waals surface area contributed by atoms with E-state index in [0.29, 0.717) is 55.1 Å². The molecule has 1 aromatic carbocycles. The third kappa shape index (κ3) is 4.44. The van der Waals surface area contributed by atoms with Crippen LogP contribution in [0.1, 0.15) is 22.1 Å². The normalized spacial score (nSPS) is 25.1. The number of hydrogen-bond donors (Lipinski definition) is 5. The highest BCUT2D eigenvalue weighted by Crippen LogP contribution is 2.33. The lowest BCUT2D eigenvalue weighted by atomic mass is 10.1. The average molecular weight is 538 g/mol. The van der Waals surface area contributed by atoms with Crippen molar-refractivity contribution in [3.8, 4) is 0 Å². The average Bonchev–Trinajstić information content (AvgIpc) is 3.61. The zero-order chi connectivity index (χ0) is 27.3. The van der Waals surface area contributed by atoms with E-state index >= 15 is 0 Å². The predicted octanol–water partition coefficient (Wildman–Crippen LogP) is -1.95. The second kappa shape index (κ2) is 9.85. The van der Waals surface area contributed by atoms with Gasteiger partial charge in [0.05, 0.1) is 12.9 Å². The molecule has 0 unspecified atom stereocenters. The summed E-state index contributed by atoms with van der Waals surface area (Å²) in [5.41, 5.74) is 8.38. The molecule has 204 valence electrons. The maximum Gasteiger partial charge on any atom is 0.254 e. The van der Waals surface area contributed by atoms with E-state index in [4.69, 9.17) is 10.5 Å². The van der Waals surface area contributed by atoms with Gasteiger partial charge in [-0.1, -0.05) is 6.07 Å². The van der Waals surface area contributed by atoms with Crippen molar-refractivity contribution < 1.29 is 29.3 Å². The van der Waals surface area contributed by atoms with E-state index in [2.05, 4.69) is 25.6 Å². The number of anilines is 2. The Labute approximate surface area is 221 Å². The third-order valence-electron chi connectivity index (χ3n) is 7.31. The van der Waals surface area contributed by atoms with E-state index in [1.807, 2.05) is 4.90 Å². The molecule has 0 radical (unpaired) electrons. The molecular weight excluding hydrogens is 510 g/mol. The quantitative estimate of drug-likeness (QED) is 0.242. The van der Waals surface area contributed by atoms with Crippen molar-refractivity contribution in [1.82, 2.24) is 34.6 Å². The number of rotatable bonds is 5. The van der Waals surface area contributed by atoms with Crippen LogP contribution < -0.4 is 16.4 Å². The van der Waals surface area contributed by atoms with E-state index in [-0.39, 0.29) is 24.2 Å². The molecule has 3 aliphatic rings. The molecule has 5 heterocycles. The molecule has 0 aliphatic carbocycles. The summed E-state index contributed by atoms with van der Waals surface area (Å²) >= 11 is 0. The van der Waals surface area contributed by atoms with E-state index < -0.39 is 30.4 Å². The molecule has 6 N–H and O–H groups in total. The van der Waals surface area contributed by atoms with Crippen LogP contribution in [0.2, 0.25) is 0 Å². The largest absolute Gasteiger partial charge is 0.387 e. The van der Waals surface area contributed by atoms with Gasteiger partial charge < -0.3 is 36.2 Å². The molecule has 0 saturated carbocycles. The highest BCUT2D eigenvalue weighted by molar-refractivity contribution is 6.02. The molecule has 6 rings (SSSR count). The predicted molar refractivity (Wildman–Crippen MR) is 135 cm³/mol. The van der Waals surface area contributed by atoms with Gasteiger partial charge in [-0.25, -0.2) is 15.0 Å². The van der Waals surface area contributed by atoms with Gasteiger partial charge >= 0.3 is 0 Å². The van der Waals surface area contributed by atoms with Crippen molar-refractivity contribution in [2.45, 2.75) is 31.1 Å².